The second kappa shape index (κ2) is 7.44. The van der Waals surface area contributed by atoms with Crippen LogP contribution in [0.2, 0.25) is 0 Å². The zero-order valence-corrected chi connectivity index (χ0v) is 12.9. The summed E-state index contributed by atoms with van der Waals surface area (Å²) in [6.45, 7) is 5.22. The maximum Gasteiger partial charge on any atom is 0.267 e. The van der Waals surface area contributed by atoms with Gasteiger partial charge in [-0.3, -0.25) is 4.79 Å². The third kappa shape index (κ3) is 4.64. The first-order valence-corrected chi connectivity index (χ1v) is 8.46. The van der Waals surface area contributed by atoms with Crippen LogP contribution in [0.5, 0.6) is 0 Å². The molecule has 0 saturated heterocycles. The van der Waals surface area contributed by atoms with E-state index in [1.807, 2.05) is 6.92 Å². The lowest BCUT2D eigenvalue weighted by molar-refractivity contribution is 0.0943. The Bertz CT molecular complexity index is 549. The first-order valence-electron chi connectivity index (χ1n) is 6.91. The summed E-state index contributed by atoms with van der Waals surface area (Å²) >= 11 is 0. The fourth-order valence-corrected chi connectivity index (χ4v) is 2.47. The van der Waals surface area contributed by atoms with Crippen LogP contribution >= 0.6 is 0 Å². The van der Waals surface area contributed by atoms with Crippen LogP contribution in [0.1, 0.15) is 50.0 Å². The van der Waals surface area contributed by atoms with E-state index in [1.165, 1.54) is 12.3 Å². The minimum atomic E-state index is -3.79. The number of rotatable bonds is 8. The molecule has 20 heavy (non-hydrogen) atoms. The summed E-state index contributed by atoms with van der Waals surface area (Å²) in [5, 5.41) is 7.90. The van der Waals surface area contributed by atoms with Gasteiger partial charge in [0.25, 0.3) is 5.91 Å². The molecular formula is C13H23N3O3S. The molecule has 0 aromatic carbocycles. The summed E-state index contributed by atoms with van der Waals surface area (Å²) in [5.74, 6) is -0.260. The normalized spacial score (nSPS) is 11.6. The van der Waals surface area contributed by atoms with Crippen molar-refractivity contribution in [1.82, 2.24) is 9.88 Å². The van der Waals surface area contributed by atoms with E-state index in [0.29, 0.717) is 18.8 Å². The van der Waals surface area contributed by atoms with E-state index in [-0.39, 0.29) is 10.8 Å². The number of primary sulfonamides is 1. The average molecular weight is 301 g/mol. The van der Waals surface area contributed by atoms with Crippen LogP contribution in [-0.4, -0.2) is 25.4 Å². The van der Waals surface area contributed by atoms with Crippen molar-refractivity contribution >= 4 is 15.9 Å². The molecule has 0 radical (unpaired) electrons. The van der Waals surface area contributed by atoms with Gasteiger partial charge in [-0.15, -0.1) is 0 Å². The molecule has 0 aliphatic heterocycles. The summed E-state index contributed by atoms with van der Waals surface area (Å²) in [6, 6.07) is 1.33. The summed E-state index contributed by atoms with van der Waals surface area (Å²) < 4.78 is 24.3. The Morgan fingerprint density at radius 2 is 2.00 bits per heavy atom. The topological polar surface area (TPSA) is 94.2 Å². The van der Waals surface area contributed by atoms with E-state index in [0.717, 1.165) is 25.7 Å². The Hall–Kier alpha value is -1.34. The smallest absolute Gasteiger partial charge is 0.267 e. The van der Waals surface area contributed by atoms with Crippen LogP contribution in [0.15, 0.2) is 17.2 Å². The second-order valence-corrected chi connectivity index (χ2v) is 6.32. The lowest BCUT2D eigenvalue weighted by Crippen LogP contribution is -2.26. The molecule has 0 saturated carbocycles. The van der Waals surface area contributed by atoms with Gasteiger partial charge in [0.1, 0.15) is 10.6 Å². The van der Waals surface area contributed by atoms with E-state index < -0.39 is 10.0 Å². The third-order valence-electron chi connectivity index (χ3n) is 2.96. The predicted octanol–water partition coefficient (Wildman–Crippen LogP) is 1.47. The predicted molar refractivity (Wildman–Crippen MR) is 78.0 cm³/mol. The number of nitrogens with one attached hydrogen (secondary N) is 1. The minimum Gasteiger partial charge on any atom is -0.351 e. The highest BCUT2D eigenvalue weighted by Gasteiger charge is 2.18. The number of nitrogens with zero attached hydrogens (tertiary/aromatic N) is 1. The SMILES string of the molecule is CCCCCNC(=O)c1cc(S(N)(=O)=O)cn1CCC. The van der Waals surface area contributed by atoms with Gasteiger partial charge < -0.3 is 9.88 Å². The van der Waals surface area contributed by atoms with Crippen molar-refractivity contribution < 1.29 is 13.2 Å². The van der Waals surface area contributed by atoms with Crippen molar-refractivity contribution in [2.24, 2.45) is 5.14 Å². The quantitative estimate of drug-likeness (QED) is 0.712. The molecule has 1 heterocycles. The fraction of sp³-hybridized carbons (Fsp3) is 0.615. The van der Waals surface area contributed by atoms with Gasteiger partial charge in [0.05, 0.1) is 0 Å². The molecule has 7 heteroatoms. The first-order chi connectivity index (χ1) is 9.40. The Morgan fingerprint density at radius 1 is 1.30 bits per heavy atom. The van der Waals surface area contributed by atoms with E-state index in [9.17, 15) is 13.2 Å². The van der Waals surface area contributed by atoms with E-state index >= 15 is 0 Å². The van der Waals surface area contributed by atoms with E-state index in [2.05, 4.69) is 12.2 Å². The summed E-state index contributed by atoms with van der Waals surface area (Å²) in [5.41, 5.74) is 0.340. The number of carbonyl (C=O) groups is 1. The monoisotopic (exact) mass is 301 g/mol. The third-order valence-corrected chi connectivity index (χ3v) is 3.84. The molecule has 0 aliphatic carbocycles. The number of unbranched alkanes of at least 4 members (excludes halogenated alkanes) is 2. The van der Waals surface area contributed by atoms with Crippen molar-refractivity contribution in [3.05, 3.63) is 18.0 Å². The van der Waals surface area contributed by atoms with E-state index in [1.54, 1.807) is 4.57 Å². The average Bonchev–Trinajstić information content (AvgIpc) is 2.79. The van der Waals surface area contributed by atoms with Gasteiger partial charge in [-0.25, -0.2) is 13.6 Å². The Kier molecular flexibility index (Phi) is 6.22. The highest BCUT2D eigenvalue weighted by molar-refractivity contribution is 7.89. The van der Waals surface area contributed by atoms with Crippen molar-refractivity contribution in [2.45, 2.75) is 51.0 Å². The first kappa shape index (κ1) is 16.7. The van der Waals surface area contributed by atoms with Gasteiger partial charge >= 0.3 is 0 Å². The lowest BCUT2D eigenvalue weighted by Gasteiger charge is -2.08. The van der Waals surface area contributed by atoms with Gasteiger partial charge in [-0.05, 0) is 18.9 Å². The molecule has 6 nitrogen and oxygen atoms in total. The molecule has 1 aromatic heterocycles. The van der Waals surface area contributed by atoms with Crippen LogP contribution in [0, 0.1) is 0 Å². The maximum atomic E-state index is 12.1. The number of hydrogen-bond donors (Lipinski definition) is 2. The molecule has 1 rings (SSSR count). The van der Waals surface area contributed by atoms with Crippen molar-refractivity contribution in [3.63, 3.8) is 0 Å². The maximum absolute atomic E-state index is 12.1. The van der Waals surface area contributed by atoms with Gasteiger partial charge in [-0.1, -0.05) is 26.7 Å². The number of carbonyl (C=O) groups excluding carboxylic acids is 1. The van der Waals surface area contributed by atoms with Gasteiger partial charge in [0.15, 0.2) is 0 Å². The molecular weight excluding hydrogens is 278 g/mol. The van der Waals surface area contributed by atoms with Crippen molar-refractivity contribution in [3.8, 4) is 0 Å². The molecule has 0 bridgehead atoms. The van der Waals surface area contributed by atoms with Crippen molar-refractivity contribution in [2.75, 3.05) is 6.54 Å². The molecule has 0 aliphatic rings. The zero-order chi connectivity index (χ0) is 15.2. The second-order valence-electron chi connectivity index (χ2n) is 4.76. The van der Waals surface area contributed by atoms with Crippen LogP contribution in [0.25, 0.3) is 0 Å². The van der Waals surface area contributed by atoms with Crippen LogP contribution < -0.4 is 10.5 Å². The van der Waals surface area contributed by atoms with Crippen LogP contribution in [-0.2, 0) is 16.6 Å². The molecule has 3 N–H and O–H groups in total. The number of nitrogens with two attached hydrogens (primary N) is 1. The summed E-state index contributed by atoms with van der Waals surface area (Å²) in [4.78, 5) is 12.1. The summed E-state index contributed by atoms with van der Waals surface area (Å²) in [6.07, 6.45) is 5.27. The molecule has 0 spiro atoms. The van der Waals surface area contributed by atoms with Crippen molar-refractivity contribution in [1.29, 1.82) is 0 Å². The Morgan fingerprint density at radius 3 is 2.55 bits per heavy atom. The Balaban J connectivity index is 2.86. The number of aromatic nitrogens is 1. The highest BCUT2D eigenvalue weighted by atomic mass is 32.2. The number of hydrogen-bond acceptors (Lipinski definition) is 3. The zero-order valence-electron chi connectivity index (χ0n) is 12.1. The van der Waals surface area contributed by atoms with Crippen LogP contribution in [0.4, 0.5) is 0 Å². The summed E-state index contributed by atoms with van der Waals surface area (Å²) in [7, 11) is -3.79. The Labute approximate surface area is 120 Å². The van der Waals surface area contributed by atoms with E-state index in [4.69, 9.17) is 5.14 Å². The van der Waals surface area contributed by atoms with Crippen LogP contribution in [0.3, 0.4) is 0 Å². The largest absolute Gasteiger partial charge is 0.351 e. The number of aryl methyl sites for hydroxylation is 1. The number of sulfonamides is 1. The van der Waals surface area contributed by atoms with Gasteiger partial charge in [0.2, 0.25) is 10.0 Å². The number of amides is 1. The molecule has 1 aromatic rings. The molecule has 0 fully saturated rings. The lowest BCUT2D eigenvalue weighted by atomic mass is 10.2. The minimum absolute atomic E-state index is 0.0235. The molecule has 0 unspecified atom stereocenters. The highest BCUT2D eigenvalue weighted by Crippen LogP contribution is 2.14. The van der Waals surface area contributed by atoms with Gasteiger partial charge in [0, 0.05) is 19.3 Å². The van der Waals surface area contributed by atoms with Gasteiger partial charge in [-0.2, -0.15) is 0 Å². The molecule has 114 valence electrons. The molecule has 1 amide bonds. The molecule has 0 atom stereocenters. The standard InChI is InChI=1S/C13H23N3O3S/c1-3-5-6-7-15-13(17)12-9-11(20(14,18)19)10-16(12)8-4-2/h9-10H,3-8H2,1-2H3,(H,15,17)(H2,14,18,19). The fourth-order valence-electron chi connectivity index (χ4n) is 1.92.